The van der Waals surface area contributed by atoms with E-state index in [2.05, 4.69) is 16.9 Å². The summed E-state index contributed by atoms with van der Waals surface area (Å²) in [6.07, 6.45) is 9.64. The summed E-state index contributed by atoms with van der Waals surface area (Å²) in [6.45, 7) is 10.8. The van der Waals surface area contributed by atoms with Gasteiger partial charge in [0.05, 0.1) is 0 Å². The quantitative estimate of drug-likeness (QED) is 0.135. The van der Waals surface area contributed by atoms with Gasteiger partial charge in [-0.15, -0.1) is 6.58 Å². The summed E-state index contributed by atoms with van der Waals surface area (Å²) in [5.41, 5.74) is 0. The number of carboxylic acid groups (broad SMARTS) is 1. The van der Waals surface area contributed by atoms with Crippen LogP contribution in [0.2, 0.25) is 0 Å². The van der Waals surface area contributed by atoms with Gasteiger partial charge in [-0.25, -0.2) is 4.79 Å². The van der Waals surface area contributed by atoms with Gasteiger partial charge < -0.3 is 15.5 Å². The Labute approximate surface area is 192 Å². The van der Waals surface area contributed by atoms with Gasteiger partial charge in [-0.05, 0) is 43.4 Å². The topological polar surface area (TPSA) is 102 Å². The van der Waals surface area contributed by atoms with Gasteiger partial charge in [0.2, 0.25) is 5.91 Å². The van der Waals surface area contributed by atoms with E-state index in [0.29, 0.717) is 6.42 Å². The van der Waals surface area contributed by atoms with Gasteiger partial charge in [0.25, 0.3) is 0 Å². The van der Waals surface area contributed by atoms with Crippen LogP contribution in [0.25, 0.3) is 0 Å². The average Bonchev–Trinajstić information content (AvgIpc) is 2.58. The van der Waals surface area contributed by atoms with Crippen LogP contribution in [-0.4, -0.2) is 35.0 Å². The second-order valence-corrected chi connectivity index (χ2v) is 7.73. The Balaban J connectivity index is 0. The summed E-state index contributed by atoms with van der Waals surface area (Å²) < 4.78 is 0. The first-order valence-electron chi connectivity index (χ1n) is 10.1. The van der Waals surface area contributed by atoms with E-state index in [4.69, 9.17) is 0 Å². The Hall–Kier alpha value is -0.850. The predicted octanol–water partition coefficient (Wildman–Crippen LogP) is 0.306. The first-order valence-corrected chi connectivity index (χ1v) is 10.1. The van der Waals surface area contributed by atoms with E-state index in [1.165, 1.54) is 6.42 Å². The molecule has 0 aliphatic heterocycles. The summed E-state index contributed by atoms with van der Waals surface area (Å²) in [5, 5.41) is 23.8. The number of amides is 1. The van der Waals surface area contributed by atoms with Gasteiger partial charge in [-0.1, -0.05) is 59.5 Å². The number of carbonyl (C=O) groups excluding carboxylic acids is 1. The maximum atomic E-state index is 12.4. The number of unbranched alkanes of at least 4 members (excludes halogenated alkanes) is 6. The summed E-state index contributed by atoms with van der Waals surface area (Å²) in [6, 6.07) is -1.83. The molecule has 0 radical (unpaired) electrons. The number of hydrogen-bond donors (Lipinski definition) is 2. The molecule has 0 fully saturated rings. The van der Waals surface area contributed by atoms with Crippen molar-refractivity contribution in [3.63, 3.8) is 0 Å². The second-order valence-electron chi connectivity index (χ2n) is 7.73. The number of nitrogens with zero attached hydrogens (tertiary/aromatic N) is 1. The van der Waals surface area contributed by atoms with Crippen molar-refractivity contribution in [2.75, 3.05) is 0 Å². The van der Waals surface area contributed by atoms with Crippen molar-refractivity contribution < 1.29 is 49.4 Å². The van der Waals surface area contributed by atoms with Crippen molar-refractivity contribution in [2.45, 2.75) is 91.1 Å². The van der Waals surface area contributed by atoms with E-state index in [9.17, 15) is 19.8 Å². The van der Waals surface area contributed by atoms with E-state index in [0.717, 1.165) is 38.5 Å². The molecule has 1 amide bonds. The fourth-order valence-electron chi connectivity index (χ4n) is 2.75. The zero-order valence-corrected chi connectivity index (χ0v) is 20.4. The minimum Gasteiger partial charge on any atom is -0.862 e. The Kier molecular flexibility index (Phi) is 17.9. The average molecular weight is 405 g/mol. The van der Waals surface area contributed by atoms with Crippen LogP contribution in [0.15, 0.2) is 17.6 Å². The van der Waals surface area contributed by atoms with Crippen LogP contribution in [0.5, 0.6) is 0 Å². The van der Waals surface area contributed by atoms with Crippen LogP contribution in [0.1, 0.15) is 79.1 Å². The molecule has 7 heteroatoms. The summed E-state index contributed by atoms with van der Waals surface area (Å²) in [4.78, 5) is 27.7. The maximum absolute atomic E-state index is 12.4. The summed E-state index contributed by atoms with van der Waals surface area (Å²) in [7, 11) is 0. The number of aliphatic carboxylic acids is 1. The molecule has 0 heterocycles. The third-order valence-electron chi connectivity index (χ3n) is 4.46. The minimum absolute atomic E-state index is 0. The minimum atomic E-state index is -1.08. The molecule has 0 bridgehead atoms. The summed E-state index contributed by atoms with van der Waals surface area (Å²) >= 11 is 0. The van der Waals surface area contributed by atoms with E-state index in [1.54, 1.807) is 27.7 Å². The largest absolute Gasteiger partial charge is 1.00 e. The van der Waals surface area contributed by atoms with Gasteiger partial charge in [0, 0.05) is 0 Å². The van der Waals surface area contributed by atoms with Gasteiger partial charge in [-0.2, -0.15) is 0 Å². The van der Waals surface area contributed by atoms with Crippen molar-refractivity contribution in [3.05, 3.63) is 12.7 Å². The molecule has 0 aromatic rings. The van der Waals surface area contributed by atoms with Gasteiger partial charge in [0.15, 0.2) is 0 Å². The van der Waals surface area contributed by atoms with Crippen molar-refractivity contribution in [1.29, 1.82) is 0 Å². The molecule has 0 aromatic heterocycles. The van der Waals surface area contributed by atoms with Crippen LogP contribution in [-0.2, 0) is 9.59 Å². The molecule has 0 saturated carbocycles. The zero-order valence-electron chi connectivity index (χ0n) is 18.4. The molecule has 2 N–H and O–H groups in total. The molecule has 0 spiro atoms. The number of hydrogen-bond acceptors (Lipinski definition) is 4. The molecule has 0 aromatic carbocycles. The van der Waals surface area contributed by atoms with E-state index in [-0.39, 0.29) is 47.3 Å². The fraction of sp³-hybridized carbons (Fsp3) is 0.762. The number of allylic oxidation sites excluding steroid dienone is 1. The van der Waals surface area contributed by atoms with E-state index in [1.807, 2.05) is 6.08 Å². The molecule has 0 unspecified atom stereocenters. The first kappa shape index (κ1) is 29.4. The molecular formula is C21H37N2NaO4. The van der Waals surface area contributed by atoms with Crippen molar-refractivity contribution >= 4 is 17.8 Å². The normalized spacial score (nSPS) is 13.7. The third-order valence-corrected chi connectivity index (χ3v) is 4.46. The molecule has 0 aliphatic rings. The second kappa shape index (κ2) is 17.0. The molecule has 0 rings (SSSR count). The molecule has 0 aliphatic carbocycles. The monoisotopic (exact) mass is 404 g/mol. The van der Waals surface area contributed by atoms with Crippen molar-refractivity contribution in [3.8, 4) is 0 Å². The van der Waals surface area contributed by atoms with Crippen molar-refractivity contribution in [2.24, 2.45) is 16.8 Å². The van der Waals surface area contributed by atoms with E-state index < -0.39 is 24.0 Å². The van der Waals surface area contributed by atoms with Gasteiger partial charge >= 0.3 is 35.5 Å². The van der Waals surface area contributed by atoms with Gasteiger partial charge in [-0.3, -0.25) is 9.79 Å². The van der Waals surface area contributed by atoms with E-state index >= 15 is 0 Å². The predicted molar refractivity (Wildman–Crippen MR) is 108 cm³/mol. The standard InChI is InChI=1S/C21H38N2O4.Na/c1-6-7-8-9-10-11-12-13-14-17(24)22-18(15(2)3)20(25)23-19(16(4)5)21(26)27;/h6,15-16,18-19H,1,7-14H2,2-5H3,(H,22,24)(H,23,25)(H,26,27);/q;+1/p-1/t18-,19-;/m0./s1. The van der Waals surface area contributed by atoms with Gasteiger partial charge in [0.1, 0.15) is 12.1 Å². The number of rotatable bonds is 15. The molecular weight excluding hydrogens is 367 g/mol. The number of aliphatic imine (C=N–C) groups is 1. The Bertz CT molecular complexity index is 493. The van der Waals surface area contributed by atoms with Crippen LogP contribution < -0.4 is 40.0 Å². The summed E-state index contributed by atoms with van der Waals surface area (Å²) in [5.74, 6) is -2.30. The molecule has 2 atom stereocenters. The zero-order chi connectivity index (χ0) is 20.8. The Morgan fingerprint density at radius 3 is 2.04 bits per heavy atom. The smallest absolute Gasteiger partial charge is 0.862 e. The maximum Gasteiger partial charge on any atom is 1.00 e. The number of nitrogens with one attached hydrogen (secondary N) is 1. The number of carboxylic acids is 1. The third kappa shape index (κ3) is 13.3. The van der Waals surface area contributed by atoms with Crippen LogP contribution in [0, 0.1) is 11.8 Å². The van der Waals surface area contributed by atoms with Crippen molar-refractivity contribution in [1.82, 2.24) is 5.32 Å². The number of carbonyl (C=O) groups is 2. The Morgan fingerprint density at radius 2 is 1.57 bits per heavy atom. The van der Waals surface area contributed by atoms with Crippen LogP contribution >= 0.6 is 0 Å². The molecule has 6 nitrogen and oxygen atoms in total. The molecule has 28 heavy (non-hydrogen) atoms. The Morgan fingerprint density at radius 1 is 1.04 bits per heavy atom. The fourth-order valence-corrected chi connectivity index (χ4v) is 2.75. The van der Waals surface area contributed by atoms with Crippen LogP contribution in [0.4, 0.5) is 0 Å². The first-order chi connectivity index (χ1) is 12.7. The van der Waals surface area contributed by atoms with Crippen LogP contribution in [0.3, 0.4) is 0 Å². The molecule has 156 valence electrons. The SMILES string of the molecule is C=CCCCCCCCCC([O-])=N[C@H](C(=O)N[C@H](C(=O)O)C(C)C)C(C)C.[Na+]. The molecule has 0 saturated heterocycles.